The molecule has 0 aliphatic carbocycles. The van der Waals surface area contributed by atoms with Gasteiger partial charge in [0.05, 0.1) is 13.2 Å². The van der Waals surface area contributed by atoms with Crippen LogP contribution in [0.15, 0.2) is 12.2 Å². The summed E-state index contributed by atoms with van der Waals surface area (Å²) in [5.74, 6) is -0.126. The number of ether oxygens (including phenoxy) is 1. The van der Waals surface area contributed by atoms with Crippen molar-refractivity contribution in [3.8, 4) is 0 Å². The number of carbonyl (C=O) groups is 1. The number of aliphatic hydroxyl groups excluding tert-OH is 1. The molecule has 0 saturated heterocycles. The topological polar surface area (TPSA) is 46.5 Å². The number of hydrogen-bond acceptors (Lipinski definition) is 3. The van der Waals surface area contributed by atoms with Gasteiger partial charge in [0, 0.05) is 6.42 Å². The van der Waals surface area contributed by atoms with E-state index in [4.69, 9.17) is 0 Å². The molecule has 0 radical (unpaired) electrons. The van der Waals surface area contributed by atoms with Crippen molar-refractivity contribution >= 4 is 5.97 Å². The van der Waals surface area contributed by atoms with Gasteiger partial charge in [-0.1, -0.05) is 57.6 Å². The van der Waals surface area contributed by atoms with Crippen LogP contribution in [-0.4, -0.2) is 24.3 Å². The first-order valence-electron chi connectivity index (χ1n) is 8.12. The summed E-state index contributed by atoms with van der Waals surface area (Å²) in [6.45, 7) is 2.21. The fourth-order valence-corrected chi connectivity index (χ4v) is 2.12. The molecule has 1 atom stereocenters. The van der Waals surface area contributed by atoms with Crippen molar-refractivity contribution in [3.05, 3.63) is 12.2 Å². The van der Waals surface area contributed by atoms with E-state index in [1.807, 2.05) is 6.08 Å². The molecular weight excluding hydrogens is 252 g/mol. The molecule has 0 amide bonds. The van der Waals surface area contributed by atoms with Crippen LogP contribution in [0.2, 0.25) is 0 Å². The molecule has 0 aromatic rings. The van der Waals surface area contributed by atoms with Gasteiger partial charge in [0.1, 0.15) is 0 Å². The summed E-state index contributed by atoms with van der Waals surface area (Å²) in [5, 5.41) is 9.77. The maximum absolute atomic E-state index is 10.9. The van der Waals surface area contributed by atoms with Crippen LogP contribution in [0, 0.1) is 0 Å². The molecule has 0 heterocycles. The fraction of sp³-hybridized carbons (Fsp3) is 0.824. The zero-order valence-corrected chi connectivity index (χ0v) is 13.3. The van der Waals surface area contributed by atoms with Gasteiger partial charge in [-0.2, -0.15) is 0 Å². The Morgan fingerprint density at radius 2 is 1.80 bits per heavy atom. The lowest BCUT2D eigenvalue weighted by Gasteiger charge is -2.05. The predicted octanol–water partition coefficient (Wildman–Crippen LogP) is 4.39. The summed E-state index contributed by atoms with van der Waals surface area (Å²) >= 11 is 0. The van der Waals surface area contributed by atoms with Gasteiger partial charge < -0.3 is 9.84 Å². The number of aliphatic hydroxyl groups is 1. The lowest BCUT2D eigenvalue weighted by molar-refractivity contribution is -0.140. The summed E-state index contributed by atoms with van der Waals surface area (Å²) in [7, 11) is 1.43. The molecule has 3 heteroatoms. The molecule has 0 aromatic heterocycles. The van der Waals surface area contributed by atoms with Crippen molar-refractivity contribution in [3.63, 3.8) is 0 Å². The van der Waals surface area contributed by atoms with Crippen LogP contribution in [-0.2, 0) is 9.53 Å². The number of hydrogen-bond donors (Lipinski definition) is 1. The van der Waals surface area contributed by atoms with Gasteiger partial charge in [-0.3, -0.25) is 4.79 Å². The van der Waals surface area contributed by atoms with E-state index in [1.165, 1.54) is 32.8 Å². The first-order chi connectivity index (χ1) is 9.70. The molecule has 1 N–H and O–H groups in total. The van der Waals surface area contributed by atoms with E-state index in [0.29, 0.717) is 6.42 Å². The van der Waals surface area contributed by atoms with Crippen molar-refractivity contribution in [2.45, 2.75) is 83.7 Å². The molecule has 0 saturated carbocycles. The summed E-state index contributed by atoms with van der Waals surface area (Å²) in [6, 6.07) is 0. The Morgan fingerprint density at radius 1 is 1.10 bits per heavy atom. The molecular formula is C17H32O3. The quantitative estimate of drug-likeness (QED) is 0.310. The van der Waals surface area contributed by atoms with Gasteiger partial charge in [0.2, 0.25) is 0 Å². The Kier molecular flexibility index (Phi) is 14.0. The molecule has 0 aliphatic heterocycles. The molecule has 0 aromatic carbocycles. The SMILES string of the molecule is CCCCCCCC(O)C=CCCCCCC(=O)OC. The van der Waals surface area contributed by atoms with Crippen LogP contribution in [0.5, 0.6) is 0 Å². The largest absolute Gasteiger partial charge is 0.469 e. The summed E-state index contributed by atoms with van der Waals surface area (Å²) in [6.07, 6.45) is 15.3. The standard InChI is InChI=1S/C17H32O3/c1-3-4-5-7-10-13-16(18)14-11-8-6-9-12-15-17(19)20-2/h11,14,16,18H,3-10,12-13,15H2,1-2H3. The highest BCUT2D eigenvalue weighted by Gasteiger charge is 2.00. The van der Waals surface area contributed by atoms with Crippen molar-refractivity contribution in [1.82, 2.24) is 0 Å². The minimum absolute atomic E-state index is 0.126. The maximum Gasteiger partial charge on any atom is 0.305 e. The molecule has 0 spiro atoms. The Balaban J connectivity index is 3.34. The number of carbonyl (C=O) groups excluding carboxylic acids is 1. The van der Waals surface area contributed by atoms with E-state index in [-0.39, 0.29) is 12.1 Å². The van der Waals surface area contributed by atoms with Gasteiger partial charge >= 0.3 is 5.97 Å². The van der Waals surface area contributed by atoms with Gasteiger partial charge in [-0.05, 0) is 25.7 Å². The fourth-order valence-electron chi connectivity index (χ4n) is 2.12. The van der Waals surface area contributed by atoms with E-state index >= 15 is 0 Å². The number of allylic oxidation sites excluding steroid dienone is 1. The van der Waals surface area contributed by atoms with Gasteiger partial charge in [-0.25, -0.2) is 0 Å². The summed E-state index contributed by atoms with van der Waals surface area (Å²) in [4.78, 5) is 10.9. The molecule has 0 aliphatic rings. The molecule has 0 bridgehead atoms. The second-order valence-electron chi connectivity index (χ2n) is 5.37. The highest BCUT2D eigenvalue weighted by molar-refractivity contribution is 5.68. The lowest BCUT2D eigenvalue weighted by atomic mass is 10.1. The first-order valence-corrected chi connectivity index (χ1v) is 8.12. The highest BCUT2D eigenvalue weighted by atomic mass is 16.5. The van der Waals surface area contributed by atoms with Crippen molar-refractivity contribution in [2.24, 2.45) is 0 Å². The normalized spacial score (nSPS) is 12.8. The predicted molar refractivity (Wildman–Crippen MR) is 83.6 cm³/mol. The van der Waals surface area contributed by atoms with E-state index in [9.17, 15) is 9.90 Å². The van der Waals surface area contributed by atoms with E-state index in [0.717, 1.165) is 38.5 Å². The van der Waals surface area contributed by atoms with Crippen LogP contribution in [0.4, 0.5) is 0 Å². The smallest absolute Gasteiger partial charge is 0.305 e. The molecule has 0 rings (SSSR count). The summed E-state index contributed by atoms with van der Waals surface area (Å²) in [5.41, 5.74) is 0. The molecule has 3 nitrogen and oxygen atoms in total. The first kappa shape index (κ1) is 19.2. The van der Waals surface area contributed by atoms with E-state index in [1.54, 1.807) is 0 Å². The summed E-state index contributed by atoms with van der Waals surface area (Å²) < 4.78 is 4.59. The van der Waals surface area contributed by atoms with Crippen molar-refractivity contribution in [1.29, 1.82) is 0 Å². The maximum atomic E-state index is 10.9. The third-order valence-corrected chi connectivity index (χ3v) is 3.44. The third kappa shape index (κ3) is 13.6. The van der Waals surface area contributed by atoms with E-state index in [2.05, 4.69) is 17.7 Å². The average molecular weight is 284 g/mol. The Bertz CT molecular complexity index is 249. The average Bonchev–Trinajstić information content (AvgIpc) is 2.45. The van der Waals surface area contributed by atoms with Crippen LogP contribution in [0.1, 0.15) is 77.6 Å². The van der Waals surface area contributed by atoms with Gasteiger partial charge in [0.15, 0.2) is 0 Å². The minimum Gasteiger partial charge on any atom is -0.469 e. The monoisotopic (exact) mass is 284 g/mol. The van der Waals surface area contributed by atoms with Crippen LogP contribution in [0.25, 0.3) is 0 Å². The molecule has 118 valence electrons. The van der Waals surface area contributed by atoms with Crippen molar-refractivity contribution in [2.75, 3.05) is 7.11 Å². The second kappa shape index (κ2) is 14.6. The van der Waals surface area contributed by atoms with Gasteiger partial charge in [-0.15, -0.1) is 0 Å². The van der Waals surface area contributed by atoms with Crippen LogP contribution < -0.4 is 0 Å². The van der Waals surface area contributed by atoms with Crippen LogP contribution in [0.3, 0.4) is 0 Å². The molecule has 1 unspecified atom stereocenters. The highest BCUT2D eigenvalue weighted by Crippen LogP contribution is 2.09. The molecule has 20 heavy (non-hydrogen) atoms. The Morgan fingerprint density at radius 3 is 2.50 bits per heavy atom. The van der Waals surface area contributed by atoms with Gasteiger partial charge in [0.25, 0.3) is 0 Å². The number of esters is 1. The third-order valence-electron chi connectivity index (χ3n) is 3.44. The van der Waals surface area contributed by atoms with Crippen LogP contribution >= 0.6 is 0 Å². The number of methoxy groups -OCH3 is 1. The second-order valence-corrected chi connectivity index (χ2v) is 5.37. The Hall–Kier alpha value is -0.830. The number of rotatable bonds is 13. The zero-order chi connectivity index (χ0) is 15.1. The van der Waals surface area contributed by atoms with E-state index < -0.39 is 0 Å². The minimum atomic E-state index is -0.285. The zero-order valence-electron chi connectivity index (χ0n) is 13.3. The number of unbranched alkanes of at least 4 members (excludes halogenated alkanes) is 7. The Labute approximate surface area is 124 Å². The van der Waals surface area contributed by atoms with Crippen molar-refractivity contribution < 1.29 is 14.6 Å². The lowest BCUT2D eigenvalue weighted by Crippen LogP contribution is -2.01. The molecule has 0 fully saturated rings.